The highest BCUT2D eigenvalue weighted by Gasteiger charge is 2.14. The van der Waals surface area contributed by atoms with Gasteiger partial charge in [0.1, 0.15) is 0 Å². The van der Waals surface area contributed by atoms with E-state index in [1.54, 1.807) is 23.6 Å². The monoisotopic (exact) mass is 401 g/mol. The van der Waals surface area contributed by atoms with Gasteiger partial charge in [-0.15, -0.1) is 5.10 Å². The smallest absolute Gasteiger partial charge is 0.209 e. The number of hydrogen-bond acceptors (Lipinski definition) is 7. The number of halogens is 1. The molecule has 1 aromatic carbocycles. The van der Waals surface area contributed by atoms with Crippen molar-refractivity contribution in [3.8, 4) is 11.5 Å². The molecular weight excluding hydrogens is 382 g/mol. The Bertz CT molecular complexity index is 638. The Hall–Kier alpha value is -1.32. The van der Waals surface area contributed by atoms with E-state index in [-0.39, 0.29) is 0 Å². The first-order valence-corrected chi connectivity index (χ1v) is 8.99. The van der Waals surface area contributed by atoms with Gasteiger partial charge in [0.25, 0.3) is 0 Å². The van der Waals surface area contributed by atoms with Crippen LogP contribution in [0.1, 0.15) is 12.5 Å². The molecule has 2 aromatic rings. The van der Waals surface area contributed by atoms with E-state index in [9.17, 15) is 0 Å². The lowest BCUT2D eigenvalue weighted by molar-refractivity contribution is 0.306. The third kappa shape index (κ3) is 4.82. The predicted molar refractivity (Wildman–Crippen MR) is 93.1 cm³/mol. The lowest BCUT2D eigenvalue weighted by atomic mass is 10.2. The van der Waals surface area contributed by atoms with E-state index in [1.807, 2.05) is 26.1 Å². The first-order valence-electron chi connectivity index (χ1n) is 7.21. The summed E-state index contributed by atoms with van der Waals surface area (Å²) in [5.74, 6) is 2.40. The number of nitrogens with zero attached hydrogens (tertiary/aromatic N) is 4. The minimum Gasteiger partial charge on any atom is -0.493 e. The van der Waals surface area contributed by atoms with E-state index in [2.05, 4.69) is 36.8 Å². The maximum atomic E-state index is 5.74. The van der Waals surface area contributed by atoms with Gasteiger partial charge in [0.2, 0.25) is 5.16 Å². The van der Waals surface area contributed by atoms with E-state index in [0.29, 0.717) is 13.2 Å². The topological polar surface area (TPSA) is 74.1 Å². The Morgan fingerprint density at radius 1 is 1.39 bits per heavy atom. The van der Waals surface area contributed by atoms with Crippen LogP contribution in [-0.2, 0) is 13.6 Å². The summed E-state index contributed by atoms with van der Waals surface area (Å²) in [6.07, 6.45) is 0. The number of tetrazole rings is 1. The minimum absolute atomic E-state index is 0.592. The van der Waals surface area contributed by atoms with Crippen molar-refractivity contribution in [2.45, 2.75) is 18.6 Å². The Morgan fingerprint density at radius 3 is 2.87 bits per heavy atom. The van der Waals surface area contributed by atoms with Crippen molar-refractivity contribution < 1.29 is 9.47 Å². The fourth-order valence-electron chi connectivity index (χ4n) is 1.98. The number of benzene rings is 1. The van der Waals surface area contributed by atoms with Crippen molar-refractivity contribution in [3.05, 3.63) is 22.2 Å². The van der Waals surface area contributed by atoms with E-state index in [0.717, 1.165) is 39.0 Å². The SMILES string of the molecule is CCOc1c(OC)ccc(Br)c1CNCCSc1nnnn1C. The van der Waals surface area contributed by atoms with Crippen LogP contribution in [0, 0.1) is 0 Å². The molecule has 0 unspecified atom stereocenters. The van der Waals surface area contributed by atoms with Gasteiger partial charge in [0.05, 0.1) is 13.7 Å². The summed E-state index contributed by atoms with van der Waals surface area (Å²) >= 11 is 5.19. The fraction of sp³-hybridized carbons (Fsp3) is 0.500. The number of ether oxygens (including phenoxy) is 2. The van der Waals surface area contributed by atoms with E-state index in [1.165, 1.54) is 0 Å². The van der Waals surface area contributed by atoms with Gasteiger partial charge >= 0.3 is 0 Å². The van der Waals surface area contributed by atoms with E-state index < -0.39 is 0 Å². The van der Waals surface area contributed by atoms with Gasteiger partial charge in [-0.25, -0.2) is 4.68 Å². The highest BCUT2D eigenvalue weighted by atomic mass is 79.9. The molecule has 0 radical (unpaired) electrons. The first-order chi connectivity index (χ1) is 11.2. The summed E-state index contributed by atoms with van der Waals surface area (Å²) < 4.78 is 13.8. The molecule has 0 aliphatic rings. The van der Waals surface area contributed by atoms with Crippen molar-refractivity contribution in [2.75, 3.05) is 26.0 Å². The van der Waals surface area contributed by atoms with Crippen molar-refractivity contribution >= 4 is 27.7 Å². The Balaban J connectivity index is 1.90. The van der Waals surface area contributed by atoms with Crippen LogP contribution in [0.2, 0.25) is 0 Å². The minimum atomic E-state index is 0.592. The zero-order valence-corrected chi connectivity index (χ0v) is 15.8. The second kappa shape index (κ2) is 9.09. The molecule has 0 atom stereocenters. The summed E-state index contributed by atoms with van der Waals surface area (Å²) in [5.41, 5.74) is 1.05. The van der Waals surface area contributed by atoms with Crippen molar-refractivity contribution in [3.63, 3.8) is 0 Å². The molecular formula is C14H20BrN5O2S. The van der Waals surface area contributed by atoms with Crippen LogP contribution < -0.4 is 14.8 Å². The summed E-state index contributed by atoms with van der Waals surface area (Å²) in [4.78, 5) is 0. The number of aryl methyl sites for hydroxylation is 1. The zero-order valence-electron chi connectivity index (χ0n) is 13.4. The molecule has 7 nitrogen and oxygen atoms in total. The molecule has 0 saturated carbocycles. The van der Waals surface area contributed by atoms with Crippen LogP contribution in [0.5, 0.6) is 11.5 Å². The van der Waals surface area contributed by atoms with Gasteiger partial charge in [0, 0.05) is 35.9 Å². The normalized spacial score (nSPS) is 10.8. The molecule has 9 heteroatoms. The predicted octanol–water partition coefficient (Wildman–Crippen LogP) is 2.26. The van der Waals surface area contributed by atoms with Gasteiger partial charge in [0.15, 0.2) is 11.5 Å². The zero-order chi connectivity index (χ0) is 16.7. The van der Waals surface area contributed by atoms with Gasteiger partial charge in [-0.1, -0.05) is 27.7 Å². The molecule has 0 spiro atoms. The van der Waals surface area contributed by atoms with E-state index >= 15 is 0 Å². The standard InChI is InChI=1S/C14H20BrN5O2S/c1-4-22-13-10(11(15)5-6-12(13)21-3)9-16-7-8-23-14-17-18-19-20(14)2/h5-6,16H,4,7-9H2,1-3H3. The molecule has 0 amide bonds. The highest BCUT2D eigenvalue weighted by molar-refractivity contribution is 9.10. The van der Waals surface area contributed by atoms with Crippen molar-refractivity contribution in [2.24, 2.45) is 7.05 Å². The van der Waals surface area contributed by atoms with Crippen LogP contribution >= 0.6 is 27.7 Å². The molecule has 0 aliphatic heterocycles. The van der Waals surface area contributed by atoms with Gasteiger partial charge in [-0.2, -0.15) is 0 Å². The lowest BCUT2D eigenvalue weighted by Gasteiger charge is -2.16. The first kappa shape index (κ1) is 18.0. The fourth-order valence-corrected chi connectivity index (χ4v) is 3.18. The number of hydrogen-bond donors (Lipinski definition) is 1. The van der Waals surface area contributed by atoms with Crippen LogP contribution in [0.4, 0.5) is 0 Å². The molecule has 0 bridgehead atoms. The Labute approximate surface area is 148 Å². The summed E-state index contributed by atoms with van der Waals surface area (Å²) in [6.45, 7) is 4.06. The number of nitrogens with one attached hydrogen (secondary N) is 1. The highest BCUT2D eigenvalue weighted by Crippen LogP contribution is 2.36. The van der Waals surface area contributed by atoms with Crippen LogP contribution in [0.15, 0.2) is 21.8 Å². The molecule has 1 heterocycles. The van der Waals surface area contributed by atoms with Gasteiger partial charge < -0.3 is 14.8 Å². The second-order valence-electron chi connectivity index (χ2n) is 4.60. The van der Waals surface area contributed by atoms with Crippen molar-refractivity contribution in [1.82, 2.24) is 25.5 Å². The maximum absolute atomic E-state index is 5.74. The average Bonchev–Trinajstić information content (AvgIpc) is 2.95. The van der Waals surface area contributed by atoms with Crippen LogP contribution in [0.25, 0.3) is 0 Å². The Morgan fingerprint density at radius 2 is 2.22 bits per heavy atom. The lowest BCUT2D eigenvalue weighted by Crippen LogP contribution is -2.18. The van der Waals surface area contributed by atoms with Gasteiger partial charge in [-0.05, 0) is 29.5 Å². The number of rotatable bonds is 9. The molecule has 126 valence electrons. The number of aromatic nitrogens is 4. The molecule has 0 aliphatic carbocycles. The molecule has 0 saturated heterocycles. The molecule has 1 aromatic heterocycles. The number of thioether (sulfide) groups is 1. The Kier molecular flexibility index (Phi) is 7.13. The summed E-state index contributed by atoms with van der Waals surface area (Å²) in [6, 6.07) is 3.87. The van der Waals surface area contributed by atoms with Crippen LogP contribution in [0.3, 0.4) is 0 Å². The third-order valence-corrected chi connectivity index (χ3v) is 4.82. The van der Waals surface area contributed by atoms with Crippen molar-refractivity contribution in [1.29, 1.82) is 0 Å². The average molecular weight is 402 g/mol. The summed E-state index contributed by atoms with van der Waals surface area (Å²) in [7, 11) is 3.48. The van der Waals surface area contributed by atoms with Gasteiger partial charge in [-0.3, -0.25) is 0 Å². The quantitative estimate of drug-likeness (QED) is 0.510. The third-order valence-electron chi connectivity index (χ3n) is 3.07. The van der Waals surface area contributed by atoms with Crippen LogP contribution in [-0.4, -0.2) is 46.2 Å². The summed E-state index contributed by atoms with van der Waals surface area (Å²) in [5, 5.41) is 15.6. The molecule has 0 fully saturated rings. The largest absolute Gasteiger partial charge is 0.493 e. The maximum Gasteiger partial charge on any atom is 0.209 e. The molecule has 23 heavy (non-hydrogen) atoms. The molecule has 1 N–H and O–H groups in total. The van der Waals surface area contributed by atoms with E-state index in [4.69, 9.17) is 9.47 Å². The second-order valence-corrected chi connectivity index (χ2v) is 6.52. The molecule has 2 rings (SSSR count). The number of methoxy groups -OCH3 is 1.